The van der Waals surface area contributed by atoms with Crippen molar-refractivity contribution in [2.75, 3.05) is 0 Å². The van der Waals surface area contributed by atoms with Crippen LogP contribution in [0, 0.1) is 17.1 Å². The van der Waals surface area contributed by atoms with Crippen molar-refractivity contribution >= 4 is 15.9 Å². The number of nitrogens with two attached hydrogens (primary N) is 1. The molecule has 0 saturated carbocycles. The number of phenols is 1. The Morgan fingerprint density at radius 3 is 2.77 bits per heavy atom. The molecule has 0 spiro atoms. The molecular formula is C8H6BrFN2O. The van der Waals surface area contributed by atoms with Crippen LogP contribution in [-0.2, 0) is 0 Å². The lowest BCUT2D eigenvalue weighted by Gasteiger charge is -2.07. The average Bonchev–Trinajstić information content (AvgIpc) is 2.13. The van der Waals surface area contributed by atoms with Gasteiger partial charge in [-0.2, -0.15) is 5.26 Å². The number of hydrogen-bond acceptors (Lipinski definition) is 3. The Bertz CT molecular complexity index is 375. The fourth-order valence-corrected chi connectivity index (χ4v) is 1.20. The largest absolute Gasteiger partial charge is 0.505 e. The molecule has 0 fully saturated rings. The summed E-state index contributed by atoms with van der Waals surface area (Å²) >= 11 is 2.89. The molecule has 1 unspecified atom stereocenters. The van der Waals surface area contributed by atoms with Gasteiger partial charge in [-0.15, -0.1) is 0 Å². The zero-order valence-electron chi connectivity index (χ0n) is 6.46. The van der Waals surface area contributed by atoms with Crippen LogP contribution in [0.1, 0.15) is 11.6 Å². The summed E-state index contributed by atoms with van der Waals surface area (Å²) in [4.78, 5) is 0. The van der Waals surface area contributed by atoms with Crippen molar-refractivity contribution in [3.8, 4) is 11.8 Å². The van der Waals surface area contributed by atoms with E-state index in [-0.39, 0.29) is 10.0 Å². The van der Waals surface area contributed by atoms with Gasteiger partial charge in [-0.05, 0) is 22.0 Å². The van der Waals surface area contributed by atoms with Crippen LogP contribution in [0.2, 0.25) is 0 Å². The summed E-state index contributed by atoms with van der Waals surface area (Å²) in [7, 11) is 0. The van der Waals surface area contributed by atoms with E-state index in [1.807, 2.05) is 0 Å². The average molecular weight is 245 g/mol. The Morgan fingerprint density at radius 1 is 1.62 bits per heavy atom. The SMILES string of the molecule is N#CC(N)c1ccc(Br)c(F)c1O. The van der Waals surface area contributed by atoms with Crippen LogP contribution in [0.25, 0.3) is 0 Å². The van der Waals surface area contributed by atoms with Crippen molar-refractivity contribution in [1.29, 1.82) is 5.26 Å². The predicted octanol–water partition coefficient (Wildman–Crippen LogP) is 1.82. The van der Waals surface area contributed by atoms with Crippen molar-refractivity contribution in [3.63, 3.8) is 0 Å². The molecule has 0 amide bonds. The Kier molecular flexibility index (Phi) is 2.86. The third kappa shape index (κ3) is 1.79. The van der Waals surface area contributed by atoms with Gasteiger partial charge in [0.05, 0.1) is 10.5 Å². The molecule has 5 heteroatoms. The van der Waals surface area contributed by atoms with Gasteiger partial charge in [0.15, 0.2) is 11.6 Å². The lowest BCUT2D eigenvalue weighted by atomic mass is 10.1. The number of hydrogen-bond donors (Lipinski definition) is 2. The molecule has 3 N–H and O–H groups in total. The zero-order chi connectivity index (χ0) is 10.0. The van der Waals surface area contributed by atoms with E-state index in [0.29, 0.717) is 0 Å². The van der Waals surface area contributed by atoms with Gasteiger partial charge in [0.2, 0.25) is 0 Å². The van der Waals surface area contributed by atoms with E-state index < -0.39 is 17.6 Å². The van der Waals surface area contributed by atoms with Crippen LogP contribution < -0.4 is 5.73 Å². The first-order valence-corrected chi connectivity index (χ1v) is 4.19. The molecular weight excluding hydrogens is 239 g/mol. The van der Waals surface area contributed by atoms with Crippen molar-refractivity contribution in [2.45, 2.75) is 6.04 Å². The van der Waals surface area contributed by atoms with Crippen LogP contribution >= 0.6 is 15.9 Å². The second-order valence-electron chi connectivity index (χ2n) is 2.41. The summed E-state index contributed by atoms with van der Waals surface area (Å²) in [5.41, 5.74) is 5.40. The molecule has 1 atom stereocenters. The second-order valence-corrected chi connectivity index (χ2v) is 3.26. The highest BCUT2D eigenvalue weighted by molar-refractivity contribution is 9.10. The summed E-state index contributed by atoms with van der Waals surface area (Å²) in [6, 6.07) is 3.48. The minimum absolute atomic E-state index is 0.0863. The molecule has 0 aliphatic rings. The van der Waals surface area contributed by atoms with E-state index in [1.54, 1.807) is 6.07 Å². The lowest BCUT2D eigenvalue weighted by molar-refractivity contribution is 0.422. The van der Waals surface area contributed by atoms with Crippen LogP contribution in [-0.4, -0.2) is 5.11 Å². The van der Waals surface area contributed by atoms with Gasteiger partial charge in [0.1, 0.15) is 6.04 Å². The summed E-state index contributed by atoms with van der Waals surface area (Å²) in [6.07, 6.45) is 0. The highest BCUT2D eigenvalue weighted by atomic mass is 79.9. The number of nitriles is 1. The van der Waals surface area contributed by atoms with E-state index in [1.165, 1.54) is 12.1 Å². The molecule has 0 heterocycles. The fraction of sp³-hybridized carbons (Fsp3) is 0.125. The summed E-state index contributed by atoms with van der Waals surface area (Å²) in [5, 5.41) is 17.7. The van der Waals surface area contributed by atoms with E-state index in [9.17, 15) is 9.50 Å². The quantitative estimate of drug-likeness (QED) is 0.792. The maximum absolute atomic E-state index is 13.0. The molecule has 1 aromatic carbocycles. The van der Waals surface area contributed by atoms with Crippen molar-refractivity contribution in [2.24, 2.45) is 5.73 Å². The highest BCUT2D eigenvalue weighted by Crippen LogP contribution is 2.30. The fourth-order valence-electron chi connectivity index (χ4n) is 0.875. The highest BCUT2D eigenvalue weighted by Gasteiger charge is 2.15. The van der Waals surface area contributed by atoms with Crippen LogP contribution in [0.4, 0.5) is 4.39 Å². The summed E-state index contributed by atoms with van der Waals surface area (Å²) < 4.78 is 13.2. The standard InChI is InChI=1S/C8H6BrFN2O/c9-5-2-1-4(6(12)3-11)8(13)7(5)10/h1-2,6,13H,12H2. The van der Waals surface area contributed by atoms with Crippen molar-refractivity contribution in [1.82, 2.24) is 0 Å². The molecule has 0 aliphatic heterocycles. The Morgan fingerprint density at radius 2 is 2.23 bits per heavy atom. The monoisotopic (exact) mass is 244 g/mol. The van der Waals surface area contributed by atoms with Gasteiger partial charge in [0, 0.05) is 5.56 Å². The van der Waals surface area contributed by atoms with Crippen LogP contribution in [0.5, 0.6) is 5.75 Å². The van der Waals surface area contributed by atoms with Gasteiger partial charge >= 0.3 is 0 Å². The number of rotatable bonds is 1. The topological polar surface area (TPSA) is 70.0 Å². The smallest absolute Gasteiger partial charge is 0.179 e. The Balaban J connectivity index is 3.28. The van der Waals surface area contributed by atoms with Gasteiger partial charge in [0.25, 0.3) is 0 Å². The second kappa shape index (κ2) is 3.73. The number of nitrogens with zero attached hydrogens (tertiary/aromatic N) is 1. The summed E-state index contributed by atoms with van der Waals surface area (Å²) in [6.45, 7) is 0. The normalized spacial score (nSPS) is 12.2. The number of halogens is 2. The molecule has 0 aliphatic carbocycles. The van der Waals surface area contributed by atoms with Crippen LogP contribution in [0.15, 0.2) is 16.6 Å². The molecule has 3 nitrogen and oxygen atoms in total. The first-order chi connectivity index (χ1) is 6.07. The third-order valence-corrected chi connectivity index (χ3v) is 2.19. The Labute approximate surface area is 82.7 Å². The molecule has 0 aromatic heterocycles. The predicted molar refractivity (Wildman–Crippen MR) is 48.3 cm³/mol. The van der Waals surface area contributed by atoms with Gasteiger partial charge in [-0.25, -0.2) is 4.39 Å². The van der Waals surface area contributed by atoms with E-state index >= 15 is 0 Å². The van der Waals surface area contributed by atoms with Gasteiger partial charge < -0.3 is 10.8 Å². The van der Waals surface area contributed by atoms with Crippen molar-refractivity contribution < 1.29 is 9.50 Å². The number of phenolic OH excluding ortho intramolecular Hbond substituents is 1. The molecule has 1 aromatic rings. The summed E-state index contributed by atoms with van der Waals surface area (Å²) in [5.74, 6) is -1.38. The minimum atomic E-state index is -1.01. The maximum Gasteiger partial charge on any atom is 0.179 e. The van der Waals surface area contributed by atoms with Crippen LogP contribution in [0.3, 0.4) is 0 Å². The third-order valence-electron chi connectivity index (χ3n) is 1.57. The number of aromatic hydroxyl groups is 1. The van der Waals surface area contributed by atoms with Crippen molar-refractivity contribution in [3.05, 3.63) is 28.0 Å². The molecule has 0 radical (unpaired) electrons. The molecule has 1 rings (SSSR count). The van der Waals surface area contributed by atoms with Gasteiger partial charge in [-0.3, -0.25) is 0 Å². The maximum atomic E-state index is 13.0. The molecule has 68 valence electrons. The first-order valence-electron chi connectivity index (χ1n) is 3.40. The van der Waals surface area contributed by atoms with E-state index in [0.717, 1.165) is 0 Å². The first kappa shape index (κ1) is 9.96. The molecule has 0 bridgehead atoms. The minimum Gasteiger partial charge on any atom is -0.505 e. The van der Waals surface area contributed by atoms with Gasteiger partial charge in [-0.1, -0.05) is 6.07 Å². The lowest BCUT2D eigenvalue weighted by Crippen LogP contribution is -2.08. The Hall–Kier alpha value is -1.12. The van der Waals surface area contributed by atoms with E-state index in [2.05, 4.69) is 15.9 Å². The molecule has 13 heavy (non-hydrogen) atoms. The van der Waals surface area contributed by atoms with E-state index in [4.69, 9.17) is 11.0 Å². The number of benzene rings is 1. The zero-order valence-corrected chi connectivity index (χ0v) is 8.05. The molecule has 0 saturated heterocycles.